The summed E-state index contributed by atoms with van der Waals surface area (Å²) in [5.74, 6) is 2.73. The predicted molar refractivity (Wildman–Crippen MR) is 99.6 cm³/mol. The Hall–Kier alpha value is -2.17. The highest BCUT2D eigenvalue weighted by atomic mass is 16.1. The highest BCUT2D eigenvalue weighted by molar-refractivity contribution is 5.90. The maximum Gasteiger partial charge on any atom is 0.224 e. The SMILES string of the molecule is Cc1ccc(NC(=O)CCc2nnc(CCC(C)C)n2C2CC2)cc1. The summed E-state index contributed by atoms with van der Waals surface area (Å²) >= 11 is 0. The molecule has 0 atom stereocenters. The molecule has 2 aromatic rings. The van der Waals surface area contributed by atoms with E-state index in [4.69, 9.17) is 0 Å². The van der Waals surface area contributed by atoms with Gasteiger partial charge in [0.2, 0.25) is 5.91 Å². The van der Waals surface area contributed by atoms with Crippen molar-refractivity contribution in [3.63, 3.8) is 0 Å². The molecule has 1 aliphatic carbocycles. The summed E-state index contributed by atoms with van der Waals surface area (Å²) in [6, 6.07) is 8.42. The number of hydrogen-bond donors (Lipinski definition) is 1. The maximum atomic E-state index is 12.2. The molecule has 0 radical (unpaired) electrons. The molecule has 0 unspecified atom stereocenters. The van der Waals surface area contributed by atoms with Gasteiger partial charge in [-0.25, -0.2) is 0 Å². The van der Waals surface area contributed by atoms with E-state index in [0.29, 0.717) is 24.8 Å². The van der Waals surface area contributed by atoms with Crippen LogP contribution in [0, 0.1) is 12.8 Å². The van der Waals surface area contributed by atoms with Crippen molar-refractivity contribution >= 4 is 11.6 Å². The quantitative estimate of drug-likeness (QED) is 0.787. The van der Waals surface area contributed by atoms with Crippen LogP contribution >= 0.6 is 0 Å². The Balaban J connectivity index is 1.58. The first-order valence-corrected chi connectivity index (χ1v) is 9.32. The molecule has 1 heterocycles. The minimum Gasteiger partial charge on any atom is -0.326 e. The largest absolute Gasteiger partial charge is 0.326 e. The van der Waals surface area contributed by atoms with Crippen molar-refractivity contribution in [1.82, 2.24) is 14.8 Å². The third kappa shape index (κ3) is 4.91. The second kappa shape index (κ2) is 7.81. The summed E-state index contributed by atoms with van der Waals surface area (Å²) in [5.41, 5.74) is 2.03. The van der Waals surface area contributed by atoms with Gasteiger partial charge >= 0.3 is 0 Å². The molecule has 1 aromatic heterocycles. The number of carbonyl (C=O) groups is 1. The minimum atomic E-state index is 0.0259. The molecule has 0 aliphatic heterocycles. The van der Waals surface area contributed by atoms with E-state index in [0.717, 1.165) is 30.2 Å². The zero-order valence-electron chi connectivity index (χ0n) is 15.5. The first kappa shape index (κ1) is 17.6. The minimum absolute atomic E-state index is 0.0259. The van der Waals surface area contributed by atoms with Crippen molar-refractivity contribution in [3.05, 3.63) is 41.5 Å². The molecule has 5 heteroatoms. The number of hydrogen-bond acceptors (Lipinski definition) is 3. The van der Waals surface area contributed by atoms with Crippen molar-refractivity contribution in [3.8, 4) is 0 Å². The fourth-order valence-electron chi connectivity index (χ4n) is 2.96. The van der Waals surface area contributed by atoms with E-state index in [1.165, 1.54) is 18.4 Å². The summed E-state index contributed by atoms with van der Waals surface area (Å²) < 4.78 is 2.29. The standard InChI is InChI=1S/C20H28N4O/c1-14(2)4-11-18-22-23-19(24(18)17-9-10-17)12-13-20(25)21-16-7-5-15(3)6-8-16/h5-8,14,17H,4,9-13H2,1-3H3,(H,21,25). The van der Waals surface area contributed by atoms with Gasteiger partial charge in [0.25, 0.3) is 0 Å². The molecule has 1 N–H and O–H groups in total. The van der Waals surface area contributed by atoms with E-state index in [1.54, 1.807) is 0 Å². The Morgan fingerprint density at radius 2 is 1.80 bits per heavy atom. The summed E-state index contributed by atoms with van der Waals surface area (Å²) in [5, 5.41) is 11.7. The van der Waals surface area contributed by atoms with Crippen LogP contribution in [-0.2, 0) is 17.6 Å². The summed E-state index contributed by atoms with van der Waals surface area (Å²) in [7, 11) is 0. The van der Waals surface area contributed by atoms with Gasteiger partial charge in [-0.15, -0.1) is 10.2 Å². The van der Waals surface area contributed by atoms with Crippen LogP contribution in [0.4, 0.5) is 5.69 Å². The number of rotatable bonds is 8. The third-order valence-corrected chi connectivity index (χ3v) is 4.61. The van der Waals surface area contributed by atoms with Crippen LogP contribution < -0.4 is 5.32 Å². The Bertz CT molecular complexity index is 714. The molecule has 0 saturated heterocycles. The molecule has 1 amide bonds. The lowest BCUT2D eigenvalue weighted by Crippen LogP contribution is -2.14. The molecule has 5 nitrogen and oxygen atoms in total. The lowest BCUT2D eigenvalue weighted by molar-refractivity contribution is -0.116. The zero-order chi connectivity index (χ0) is 17.8. The van der Waals surface area contributed by atoms with E-state index in [2.05, 4.69) is 33.9 Å². The van der Waals surface area contributed by atoms with Crippen LogP contribution in [0.5, 0.6) is 0 Å². The summed E-state index contributed by atoms with van der Waals surface area (Å²) in [6.45, 7) is 6.50. The topological polar surface area (TPSA) is 59.8 Å². The Labute approximate surface area is 149 Å². The average molecular weight is 340 g/mol. The highest BCUT2D eigenvalue weighted by Gasteiger charge is 2.29. The number of aryl methyl sites for hydroxylation is 3. The monoisotopic (exact) mass is 340 g/mol. The fraction of sp³-hybridized carbons (Fsp3) is 0.550. The van der Waals surface area contributed by atoms with Crippen LogP contribution in [0.25, 0.3) is 0 Å². The van der Waals surface area contributed by atoms with Crippen LogP contribution in [-0.4, -0.2) is 20.7 Å². The number of nitrogens with one attached hydrogen (secondary N) is 1. The lowest BCUT2D eigenvalue weighted by atomic mass is 10.1. The number of carbonyl (C=O) groups excluding carboxylic acids is 1. The van der Waals surface area contributed by atoms with E-state index >= 15 is 0 Å². The molecular formula is C20H28N4O. The third-order valence-electron chi connectivity index (χ3n) is 4.61. The van der Waals surface area contributed by atoms with E-state index in [-0.39, 0.29) is 5.91 Å². The second-order valence-corrected chi connectivity index (χ2v) is 7.48. The van der Waals surface area contributed by atoms with Crippen LogP contribution in [0.1, 0.15) is 62.8 Å². The average Bonchev–Trinajstić information content (AvgIpc) is 3.33. The van der Waals surface area contributed by atoms with E-state index in [9.17, 15) is 4.79 Å². The molecule has 1 aromatic carbocycles. The summed E-state index contributed by atoms with van der Waals surface area (Å²) in [4.78, 5) is 12.2. The Morgan fingerprint density at radius 1 is 1.16 bits per heavy atom. The van der Waals surface area contributed by atoms with E-state index < -0.39 is 0 Å². The molecule has 1 saturated carbocycles. The van der Waals surface area contributed by atoms with Gasteiger partial charge < -0.3 is 9.88 Å². The second-order valence-electron chi connectivity index (χ2n) is 7.48. The van der Waals surface area contributed by atoms with Gasteiger partial charge in [-0.2, -0.15) is 0 Å². The number of nitrogens with zero attached hydrogens (tertiary/aromatic N) is 3. The molecule has 0 spiro atoms. The number of benzene rings is 1. The molecular weight excluding hydrogens is 312 g/mol. The molecule has 3 rings (SSSR count). The van der Waals surface area contributed by atoms with Crippen LogP contribution in [0.2, 0.25) is 0 Å². The predicted octanol–water partition coefficient (Wildman–Crippen LogP) is 4.08. The smallest absolute Gasteiger partial charge is 0.224 e. The van der Waals surface area contributed by atoms with Gasteiger partial charge in [0, 0.05) is 31.0 Å². The normalized spacial score (nSPS) is 14.1. The first-order valence-electron chi connectivity index (χ1n) is 9.32. The van der Waals surface area contributed by atoms with Crippen molar-refractivity contribution in [2.75, 3.05) is 5.32 Å². The van der Waals surface area contributed by atoms with Gasteiger partial charge in [0.1, 0.15) is 11.6 Å². The molecule has 134 valence electrons. The Kier molecular flexibility index (Phi) is 5.51. The summed E-state index contributed by atoms with van der Waals surface area (Å²) in [6.07, 6.45) is 5.58. The molecule has 0 bridgehead atoms. The van der Waals surface area contributed by atoms with Crippen molar-refractivity contribution in [1.29, 1.82) is 0 Å². The molecule has 25 heavy (non-hydrogen) atoms. The molecule has 1 aliphatic rings. The molecule has 1 fully saturated rings. The van der Waals surface area contributed by atoms with Gasteiger partial charge in [-0.1, -0.05) is 31.5 Å². The van der Waals surface area contributed by atoms with Crippen LogP contribution in [0.3, 0.4) is 0 Å². The maximum absolute atomic E-state index is 12.2. The van der Waals surface area contributed by atoms with Crippen molar-refractivity contribution in [2.24, 2.45) is 5.92 Å². The lowest BCUT2D eigenvalue weighted by Gasteiger charge is -2.10. The van der Waals surface area contributed by atoms with Gasteiger partial charge in [-0.05, 0) is 44.2 Å². The fourth-order valence-corrected chi connectivity index (χ4v) is 2.96. The zero-order valence-corrected chi connectivity index (χ0v) is 15.5. The Morgan fingerprint density at radius 3 is 2.40 bits per heavy atom. The van der Waals surface area contributed by atoms with Crippen LogP contribution in [0.15, 0.2) is 24.3 Å². The van der Waals surface area contributed by atoms with Crippen molar-refractivity contribution < 1.29 is 4.79 Å². The number of amides is 1. The van der Waals surface area contributed by atoms with E-state index in [1.807, 2.05) is 31.2 Å². The highest BCUT2D eigenvalue weighted by Crippen LogP contribution is 2.37. The van der Waals surface area contributed by atoms with Gasteiger partial charge in [0.15, 0.2) is 0 Å². The van der Waals surface area contributed by atoms with Gasteiger partial charge in [-0.3, -0.25) is 4.79 Å². The number of anilines is 1. The first-order chi connectivity index (χ1) is 12.0. The van der Waals surface area contributed by atoms with Crippen molar-refractivity contribution in [2.45, 2.75) is 65.3 Å². The van der Waals surface area contributed by atoms with Gasteiger partial charge in [0.05, 0.1) is 0 Å². The number of aromatic nitrogens is 3.